The SMILES string of the molecule is C(=N\Nc1ccccn1)/c1ccccn1.C(=[NH+]\Nc1cccc[nH+]1)/c1cccc[nH+]1.CCOCC.[Ca+2].[Cl-].[Cl-]. The monoisotopic (exact) mass is 583 g/mol. The molecular formula is C26H33CaCl2N8O+3. The molecule has 0 saturated carbocycles. The minimum Gasteiger partial charge on any atom is -1.00 e. The molecule has 0 unspecified atom stereocenters. The Morgan fingerprint density at radius 3 is 2.03 bits per heavy atom. The molecule has 4 heterocycles. The molecule has 38 heavy (non-hydrogen) atoms. The van der Waals surface area contributed by atoms with Gasteiger partial charge in [0.2, 0.25) is 0 Å². The first-order valence-corrected chi connectivity index (χ1v) is 11.3. The van der Waals surface area contributed by atoms with Gasteiger partial charge in [-0.25, -0.2) is 15.0 Å². The molecule has 0 aliphatic rings. The van der Waals surface area contributed by atoms with Gasteiger partial charge in [0, 0.05) is 43.8 Å². The van der Waals surface area contributed by atoms with E-state index in [0.717, 1.165) is 30.4 Å². The van der Waals surface area contributed by atoms with Crippen LogP contribution in [0.2, 0.25) is 0 Å². The molecule has 4 aromatic heterocycles. The van der Waals surface area contributed by atoms with Gasteiger partial charge in [-0.05, 0) is 55.7 Å². The molecule has 0 atom stereocenters. The van der Waals surface area contributed by atoms with Crippen molar-refractivity contribution in [3.8, 4) is 0 Å². The molecule has 12 heteroatoms. The Morgan fingerprint density at radius 2 is 1.50 bits per heavy atom. The van der Waals surface area contributed by atoms with Gasteiger partial charge < -0.3 is 29.6 Å². The summed E-state index contributed by atoms with van der Waals surface area (Å²) in [4.78, 5) is 14.3. The zero-order valence-corrected chi connectivity index (χ0v) is 25.2. The van der Waals surface area contributed by atoms with Crippen LogP contribution >= 0.6 is 0 Å². The van der Waals surface area contributed by atoms with E-state index in [1.165, 1.54) is 0 Å². The number of aromatic amines is 2. The predicted molar refractivity (Wildman–Crippen MR) is 143 cm³/mol. The zero-order chi connectivity index (χ0) is 24.8. The smallest absolute Gasteiger partial charge is 1.00 e. The maximum atomic E-state index is 4.83. The number of nitrogens with zero attached hydrogens (tertiary/aromatic N) is 3. The average molecular weight is 585 g/mol. The van der Waals surface area contributed by atoms with Gasteiger partial charge in [-0.15, -0.1) is 0 Å². The number of nitrogens with one attached hydrogen (secondary N) is 5. The number of hydrazine groups is 1. The van der Waals surface area contributed by atoms with Crippen molar-refractivity contribution in [2.24, 2.45) is 5.10 Å². The summed E-state index contributed by atoms with van der Waals surface area (Å²) in [5.74, 6) is 1.62. The van der Waals surface area contributed by atoms with Crippen LogP contribution in [-0.4, -0.2) is 73.3 Å². The molecule has 4 rings (SSSR count). The minimum atomic E-state index is 0. The topological polar surface area (TPSA) is 114 Å². The number of ether oxygens (including phenoxy) is 1. The molecule has 0 saturated heterocycles. The van der Waals surface area contributed by atoms with Gasteiger partial charge in [0.25, 0.3) is 11.9 Å². The summed E-state index contributed by atoms with van der Waals surface area (Å²) in [6.07, 6.45) is 10.7. The van der Waals surface area contributed by atoms with Gasteiger partial charge in [-0.2, -0.15) is 5.10 Å². The van der Waals surface area contributed by atoms with Gasteiger partial charge in [0.15, 0.2) is 6.20 Å². The molecule has 0 radical (unpaired) electrons. The average Bonchev–Trinajstić information content (AvgIpc) is 2.92. The fraction of sp³-hybridized carbons (Fsp3) is 0.154. The minimum absolute atomic E-state index is 0. The third kappa shape index (κ3) is 18.6. The van der Waals surface area contributed by atoms with Crippen LogP contribution < -0.4 is 50.7 Å². The summed E-state index contributed by atoms with van der Waals surface area (Å²) in [6.45, 7) is 5.67. The van der Waals surface area contributed by atoms with Gasteiger partial charge in [-0.3, -0.25) is 10.4 Å². The van der Waals surface area contributed by atoms with Gasteiger partial charge in [0.05, 0.1) is 18.1 Å². The fourth-order valence-electron chi connectivity index (χ4n) is 2.41. The Labute approximate surface area is 266 Å². The Morgan fingerprint density at radius 1 is 0.842 bits per heavy atom. The number of H-pyrrole nitrogens is 2. The van der Waals surface area contributed by atoms with E-state index in [9.17, 15) is 0 Å². The van der Waals surface area contributed by atoms with E-state index in [4.69, 9.17) is 4.74 Å². The maximum absolute atomic E-state index is 4.83. The van der Waals surface area contributed by atoms with Crippen molar-refractivity contribution in [2.75, 3.05) is 24.1 Å². The van der Waals surface area contributed by atoms with Crippen LogP contribution in [0.1, 0.15) is 25.2 Å². The maximum Gasteiger partial charge on any atom is 2.00 e. The molecule has 0 bridgehead atoms. The van der Waals surface area contributed by atoms with Crippen LogP contribution in [0.4, 0.5) is 11.6 Å². The second-order valence-electron chi connectivity index (χ2n) is 6.63. The second-order valence-corrected chi connectivity index (χ2v) is 6.63. The standard InChI is InChI=1S/2C11H10N4.C4H10O.Ca.2ClH/c2*1-3-7-12-10(5-1)9-14-15-11-6-2-4-8-13-11;1-3-5-4-2;;;/h2*1-9H,(H,13,15);3-4H2,1-2H3;;2*1H/q;;;+2;;/p+1/b2*14-9+;;;;. The number of anilines is 2. The summed E-state index contributed by atoms with van der Waals surface area (Å²) in [6, 6.07) is 23.0. The molecule has 0 fully saturated rings. The van der Waals surface area contributed by atoms with Crippen LogP contribution in [0.3, 0.4) is 0 Å². The third-order valence-electron chi connectivity index (χ3n) is 4.01. The summed E-state index contributed by atoms with van der Waals surface area (Å²) in [5.41, 5.74) is 7.63. The molecule has 0 spiro atoms. The summed E-state index contributed by atoms with van der Waals surface area (Å²) < 4.78 is 4.83. The molecule has 196 valence electrons. The number of hydrazone groups is 2. The molecule has 0 aliphatic carbocycles. The molecule has 4 aromatic rings. The summed E-state index contributed by atoms with van der Waals surface area (Å²) in [7, 11) is 0. The first-order valence-electron chi connectivity index (χ1n) is 11.3. The van der Waals surface area contributed by atoms with E-state index in [-0.39, 0.29) is 62.6 Å². The number of pyridine rings is 4. The van der Waals surface area contributed by atoms with Gasteiger partial charge in [-0.1, -0.05) is 23.3 Å². The fourth-order valence-corrected chi connectivity index (χ4v) is 2.41. The number of hydrogen-bond donors (Lipinski definition) is 3. The van der Waals surface area contributed by atoms with Crippen LogP contribution in [0.15, 0.2) is 103 Å². The largest absolute Gasteiger partial charge is 2.00 e. The van der Waals surface area contributed by atoms with Crippen molar-refractivity contribution in [2.45, 2.75) is 13.8 Å². The van der Waals surface area contributed by atoms with E-state index in [0.29, 0.717) is 5.82 Å². The van der Waals surface area contributed by atoms with Crippen molar-refractivity contribution < 1.29 is 44.6 Å². The van der Waals surface area contributed by atoms with E-state index in [1.807, 2.05) is 105 Å². The van der Waals surface area contributed by atoms with Crippen LogP contribution in [0.25, 0.3) is 0 Å². The first kappa shape index (κ1) is 37.5. The van der Waals surface area contributed by atoms with Crippen molar-refractivity contribution in [3.63, 3.8) is 0 Å². The van der Waals surface area contributed by atoms with Crippen LogP contribution in [-0.2, 0) is 4.74 Å². The number of rotatable bonds is 8. The molecular weight excluding hydrogens is 551 g/mol. The zero-order valence-electron chi connectivity index (χ0n) is 21.5. The third-order valence-corrected chi connectivity index (χ3v) is 4.01. The van der Waals surface area contributed by atoms with E-state index in [1.54, 1.807) is 18.6 Å². The number of hydrogen-bond acceptors (Lipinski definition) is 6. The Kier molecular flexibility index (Phi) is 25.6. The Balaban J connectivity index is 0. The molecule has 5 N–H and O–H groups in total. The van der Waals surface area contributed by atoms with E-state index in [2.05, 4.69) is 41.0 Å². The second kappa shape index (κ2) is 26.0. The van der Waals surface area contributed by atoms with Gasteiger partial charge >= 0.3 is 43.6 Å². The van der Waals surface area contributed by atoms with E-state index >= 15 is 0 Å². The van der Waals surface area contributed by atoms with Crippen LogP contribution in [0, 0.1) is 0 Å². The van der Waals surface area contributed by atoms with Crippen molar-refractivity contribution in [1.82, 2.24) is 9.97 Å². The van der Waals surface area contributed by atoms with Gasteiger partial charge in [0.1, 0.15) is 5.82 Å². The molecule has 0 amide bonds. The first-order chi connectivity index (χ1) is 17.3. The van der Waals surface area contributed by atoms with Crippen molar-refractivity contribution in [1.29, 1.82) is 0 Å². The Hall–Kier alpha value is -2.66. The van der Waals surface area contributed by atoms with Crippen molar-refractivity contribution in [3.05, 3.63) is 109 Å². The summed E-state index contributed by atoms with van der Waals surface area (Å²) >= 11 is 0. The quantitative estimate of drug-likeness (QED) is 0.110. The number of halogens is 2. The summed E-state index contributed by atoms with van der Waals surface area (Å²) in [5, 5.41) is 6.99. The molecule has 9 nitrogen and oxygen atoms in total. The number of aromatic nitrogens is 4. The molecule has 0 aromatic carbocycles. The molecule has 0 aliphatic heterocycles. The van der Waals surface area contributed by atoms with E-state index < -0.39 is 0 Å². The predicted octanol–water partition coefficient (Wildman–Crippen LogP) is -4.57. The van der Waals surface area contributed by atoms with Crippen molar-refractivity contribution >= 4 is 61.8 Å². The normalized spacial score (nSPS) is 9.32. The van der Waals surface area contributed by atoms with Crippen LogP contribution in [0.5, 0.6) is 0 Å². The Bertz CT molecular complexity index is 1010.